The monoisotopic (exact) mass is 421 g/mol. The molecule has 1 saturated heterocycles. The van der Waals surface area contributed by atoms with Gasteiger partial charge in [-0.05, 0) is 24.0 Å². The van der Waals surface area contributed by atoms with E-state index in [1.165, 1.54) is 4.90 Å². The molecule has 0 bridgehead atoms. The first kappa shape index (κ1) is 22.4. The topological polar surface area (TPSA) is 71.5 Å². The number of imide groups is 1. The average molecular weight is 422 g/mol. The molecule has 0 saturated carbocycles. The number of nitrogens with one attached hydrogen (secondary N) is 1. The maximum atomic E-state index is 12.9. The van der Waals surface area contributed by atoms with Crippen LogP contribution in [0.4, 0.5) is 19.0 Å². The highest BCUT2D eigenvalue weighted by Gasteiger charge is 2.43. The smallest absolute Gasteiger partial charge is 0.361 e. The molecule has 1 aliphatic rings. The molecule has 1 N–H and O–H groups in total. The number of nitrogens with zero attached hydrogens (tertiary/aromatic N) is 2. The predicted octanol–water partition coefficient (Wildman–Crippen LogP) is 3.63. The molecule has 1 aromatic heterocycles. The fourth-order valence-corrected chi connectivity index (χ4v) is 2.97. The van der Waals surface area contributed by atoms with Crippen molar-refractivity contribution in [2.24, 2.45) is 11.3 Å². The molecule has 28 heavy (non-hydrogen) atoms. The lowest BCUT2D eigenvalue weighted by atomic mass is 9.93. The number of halogens is 4. The summed E-state index contributed by atoms with van der Waals surface area (Å²) in [5, 5.41) is 1.48. The van der Waals surface area contributed by atoms with E-state index in [2.05, 4.69) is 10.3 Å². The summed E-state index contributed by atoms with van der Waals surface area (Å²) in [7, 11) is 0. The Labute approximate surface area is 166 Å². The van der Waals surface area contributed by atoms with Crippen LogP contribution in [0.15, 0.2) is 12.1 Å². The lowest BCUT2D eigenvalue weighted by Crippen LogP contribution is -2.45. The molecule has 1 aliphatic heterocycles. The first-order chi connectivity index (χ1) is 12.8. The Morgan fingerprint density at radius 2 is 1.86 bits per heavy atom. The zero-order valence-electron chi connectivity index (χ0n) is 16.1. The number of alkyl halides is 3. The minimum atomic E-state index is -4.65. The maximum Gasteiger partial charge on any atom is 0.419 e. The Kier molecular flexibility index (Phi) is 6.60. The van der Waals surface area contributed by atoms with Crippen LogP contribution in [0.2, 0.25) is 5.15 Å². The number of hydrogen-bond donors (Lipinski definition) is 1. The average Bonchev–Trinajstić information content (AvgIpc) is 2.78. The van der Waals surface area contributed by atoms with Gasteiger partial charge in [0.05, 0.1) is 11.5 Å². The lowest BCUT2D eigenvalue weighted by molar-refractivity contribution is -0.137. The molecule has 0 aromatic carbocycles. The van der Waals surface area contributed by atoms with Gasteiger partial charge in [-0.15, -0.1) is 0 Å². The molecular formula is C18H23ClF3N3O3. The summed E-state index contributed by atoms with van der Waals surface area (Å²) in [6, 6.07) is 0.957. The van der Waals surface area contributed by atoms with E-state index in [1.54, 1.807) is 6.92 Å². The third kappa shape index (κ3) is 5.35. The van der Waals surface area contributed by atoms with E-state index in [1.807, 2.05) is 20.8 Å². The molecule has 2 atom stereocenters. The number of hydrogen-bond acceptors (Lipinski definition) is 5. The molecule has 6 nitrogen and oxygen atoms in total. The van der Waals surface area contributed by atoms with Gasteiger partial charge < -0.3 is 9.64 Å². The third-order valence-electron chi connectivity index (χ3n) is 4.40. The van der Waals surface area contributed by atoms with Crippen molar-refractivity contribution in [3.63, 3.8) is 0 Å². The number of carbonyl (C=O) groups excluding carboxylic acids is 2. The SMILES string of the molecule is CC1C(=O)NC(=O)C1N(COCCC(C)(C)C)c1ccc(C(F)(F)F)c(Cl)n1. The fourth-order valence-electron chi connectivity index (χ4n) is 2.72. The van der Waals surface area contributed by atoms with Crippen LogP contribution in [0.25, 0.3) is 0 Å². The van der Waals surface area contributed by atoms with Gasteiger partial charge in [-0.1, -0.05) is 39.3 Å². The van der Waals surface area contributed by atoms with Crippen LogP contribution in [0.1, 0.15) is 39.7 Å². The summed E-state index contributed by atoms with van der Waals surface area (Å²) in [6.07, 6.45) is -3.92. The summed E-state index contributed by atoms with van der Waals surface area (Å²) in [5.41, 5.74) is -1.05. The summed E-state index contributed by atoms with van der Waals surface area (Å²) in [4.78, 5) is 29.3. The van der Waals surface area contributed by atoms with Gasteiger partial charge >= 0.3 is 6.18 Å². The van der Waals surface area contributed by atoms with Gasteiger partial charge in [0.25, 0.3) is 0 Å². The highest BCUT2D eigenvalue weighted by molar-refractivity contribution is 6.30. The number of anilines is 1. The van der Waals surface area contributed by atoms with Gasteiger partial charge in [-0.3, -0.25) is 14.9 Å². The standard InChI is InChI=1S/C18H23ClF3N3O3/c1-10-13(16(27)24-15(10)26)25(9-28-8-7-17(2,3)4)12-6-5-11(14(19)23-12)18(20,21)22/h5-6,10,13H,7-9H2,1-4H3,(H,24,26,27). The largest absolute Gasteiger partial charge is 0.419 e. The summed E-state index contributed by atoms with van der Waals surface area (Å²) >= 11 is 5.72. The van der Waals surface area contributed by atoms with Gasteiger partial charge in [0.15, 0.2) is 0 Å². The minimum absolute atomic E-state index is 0.0226. The number of aromatic nitrogens is 1. The zero-order valence-corrected chi connectivity index (χ0v) is 16.8. The Bertz CT molecular complexity index is 750. The molecule has 0 radical (unpaired) electrons. The maximum absolute atomic E-state index is 12.9. The summed E-state index contributed by atoms with van der Waals surface area (Å²) < 4.78 is 44.5. The Morgan fingerprint density at radius 1 is 1.21 bits per heavy atom. The van der Waals surface area contributed by atoms with Crippen LogP contribution in [0.3, 0.4) is 0 Å². The molecular weight excluding hydrogens is 399 g/mol. The number of amides is 2. The van der Waals surface area contributed by atoms with Crippen molar-refractivity contribution in [1.29, 1.82) is 0 Å². The van der Waals surface area contributed by atoms with Gasteiger partial charge in [-0.2, -0.15) is 13.2 Å². The van der Waals surface area contributed by atoms with E-state index in [-0.39, 0.29) is 18.0 Å². The second-order valence-corrected chi connectivity index (χ2v) is 8.27. The molecule has 2 amide bonds. The molecule has 2 heterocycles. The van der Waals surface area contributed by atoms with Crippen LogP contribution >= 0.6 is 11.6 Å². The van der Waals surface area contributed by atoms with Gasteiger partial charge in [-0.25, -0.2) is 4.98 Å². The highest BCUT2D eigenvalue weighted by atomic mass is 35.5. The Balaban J connectivity index is 2.29. The van der Waals surface area contributed by atoms with E-state index < -0.39 is 40.7 Å². The molecule has 1 fully saturated rings. The van der Waals surface area contributed by atoms with Gasteiger partial charge in [0.1, 0.15) is 23.7 Å². The second-order valence-electron chi connectivity index (χ2n) is 7.91. The van der Waals surface area contributed by atoms with Crippen LogP contribution in [-0.4, -0.2) is 36.2 Å². The van der Waals surface area contributed by atoms with Gasteiger partial charge in [0, 0.05) is 6.61 Å². The van der Waals surface area contributed by atoms with Crippen molar-refractivity contribution in [3.05, 3.63) is 22.8 Å². The quantitative estimate of drug-likeness (QED) is 0.329. The molecule has 0 aliphatic carbocycles. The van der Waals surface area contributed by atoms with E-state index >= 15 is 0 Å². The third-order valence-corrected chi connectivity index (χ3v) is 4.69. The summed E-state index contributed by atoms with van der Waals surface area (Å²) in [6.45, 7) is 7.91. The van der Waals surface area contributed by atoms with Crippen molar-refractivity contribution < 1.29 is 27.5 Å². The Morgan fingerprint density at radius 3 is 2.32 bits per heavy atom. The van der Waals surface area contributed by atoms with Gasteiger partial charge in [0.2, 0.25) is 11.8 Å². The summed E-state index contributed by atoms with van der Waals surface area (Å²) in [5.74, 6) is -1.72. The molecule has 156 valence electrons. The first-order valence-corrected chi connectivity index (χ1v) is 9.12. The minimum Gasteiger partial charge on any atom is -0.361 e. The number of carbonyl (C=O) groups is 2. The van der Waals surface area contributed by atoms with Crippen molar-refractivity contribution in [1.82, 2.24) is 10.3 Å². The predicted molar refractivity (Wildman–Crippen MR) is 97.7 cm³/mol. The van der Waals surface area contributed by atoms with Crippen LogP contribution in [0, 0.1) is 11.3 Å². The molecule has 1 aromatic rings. The van der Waals surface area contributed by atoms with Crippen LogP contribution < -0.4 is 10.2 Å². The van der Waals surface area contributed by atoms with Crippen molar-refractivity contribution >= 4 is 29.2 Å². The first-order valence-electron chi connectivity index (χ1n) is 8.74. The lowest BCUT2D eigenvalue weighted by Gasteiger charge is -2.30. The molecule has 0 spiro atoms. The highest BCUT2D eigenvalue weighted by Crippen LogP contribution is 2.35. The fraction of sp³-hybridized carbons (Fsp3) is 0.611. The van der Waals surface area contributed by atoms with Crippen LogP contribution in [0.5, 0.6) is 0 Å². The van der Waals surface area contributed by atoms with Crippen molar-refractivity contribution in [2.75, 3.05) is 18.2 Å². The Hall–Kier alpha value is -1.87. The molecule has 2 rings (SSSR count). The van der Waals surface area contributed by atoms with Crippen LogP contribution in [-0.2, 0) is 20.5 Å². The number of ether oxygens (including phenoxy) is 1. The molecule has 10 heteroatoms. The van der Waals surface area contributed by atoms with Crippen molar-refractivity contribution in [2.45, 2.75) is 46.3 Å². The zero-order chi connectivity index (χ0) is 21.3. The van der Waals surface area contributed by atoms with E-state index in [9.17, 15) is 22.8 Å². The van der Waals surface area contributed by atoms with E-state index in [0.29, 0.717) is 6.61 Å². The molecule has 2 unspecified atom stereocenters. The van der Waals surface area contributed by atoms with E-state index in [0.717, 1.165) is 18.6 Å². The normalized spacial score (nSPS) is 20.4. The second kappa shape index (κ2) is 8.24. The number of rotatable bonds is 6. The van der Waals surface area contributed by atoms with E-state index in [4.69, 9.17) is 16.3 Å². The van der Waals surface area contributed by atoms with Crippen molar-refractivity contribution in [3.8, 4) is 0 Å². The number of pyridine rings is 1.